The van der Waals surface area contributed by atoms with Crippen LogP contribution in [0.2, 0.25) is 13.1 Å². The van der Waals surface area contributed by atoms with Crippen LogP contribution in [-0.2, 0) is 10.0 Å². The van der Waals surface area contributed by atoms with Gasteiger partial charge >= 0.3 is 0 Å². The molecule has 3 rings (SSSR count). The summed E-state index contributed by atoms with van der Waals surface area (Å²) < 4.78 is 29.4. The number of hydrogen-bond donors (Lipinski definition) is 1. The molecular formula is C23H27NO2SSi. The maximum absolute atomic E-state index is 13.2. The van der Waals surface area contributed by atoms with E-state index in [1.807, 2.05) is 62.4 Å². The molecule has 0 amide bonds. The van der Waals surface area contributed by atoms with Crippen LogP contribution >= 0.6 is 0 Å². The van der Waals surface area contributed by atoms with Crippen molar-refractivity contribution < 1.29 is 8.42 Å². The SMILES string of the molecule is Cc1ccc(S(=O)(=O)NC(c2cccc(C)c2)[Si](C)(C)c2ccccc2)cc1. The Morgan fingerprint density at radius 3 is 2.04 bits per heavy atom. The van der Waals surface area contributed by atoms with E-state index in [4.69, 9.17) is 0 Å². The second-order valence-corrected chi connectivity index (χ2v) is 14.2. The maximum Gasteiger partial charge on any atom is 0.240 e. The topological polar surface area (TPSA) is 46.2 Å². The van der Waals surface area contributed by atoms with Gasteiger partial charge in [0.25, 0.3) is 0 Å². The van der Waals surface area contributed by atoms with E-state index in [1.165, 1.54) is 5.19 Å². The van der Waals surface area contributed by atoms with Gasteiger partial charge in [0.2, 0.25) is 10.0 Å². The minimum Gasteiger partial charge on any atom is -0.207 e. The maximum atomic E-state index is 13.2. The van der Waals surface area contributed by atoms with Gasteiger partial charge in [-0.25, -0.2) is 13.1 Å². The molecule has 0 aliphatic heterocycles. The standard InChI is InChI=1S/C23H27NO2SSi/c1-18-13-15-21(16-14-18)27(25,26)24-23(20-10-8-9-19(2)17-20)28(3,4)22-11-6-5-7-12-22/h5-17,23-24H,1-4H3. The molecule has 1 N–H and O–H groups in total. The van der Waals surface area contributed by atoms with Crippen molar-refractivity contribution in [2.75, 3.05) is 0 Å². The molecule has 0 spiro atoms. The fourth-order valence-electron chi connectivity index (χ4n) is 3.46. The van der Waals surface area contributed by atoms with Crippen LogP contribution in [0.5, 0.6) is 0 Å². The van der Waals surface area contributed by atoms with Crippen LogP contribution in [0.4, 0.5) is 0 Å². The lowest BCUT2D eigenvalue weighted by atomic mass is 10.1. The molecular weight excluding hydrogens is 382 g/mol. The largest absolute Gasteiger partial charge is 0.240 e. The highest BCUT2D eigenvalue weighted by molar-refractivity contribution is 7.89. The van der Waals surface area contributed by atoms with Gasteiger partial charge < -0.3 is 0 Å². The highest BCUT2D eigenvalue weighted by Crippen LogP contribution is 2.28. The van der Waals surface area contributed by atoms with Gasteiger partial charge in [0.15, 0.2) is 0 Å². The Bertz CT molecular complexity index is 1050. The minimum atomic E-state index is -3.64. The van der Waals surface area contributed by atoms with Gasteiger partial charge in [-0.2, -0.15) is 0 Å². The number of benzene rings is 3. The highest BCUT2D eigenvalue weighted by atomic mass is 32.2. The van der Waals surface area contributed by atoms with Gasteiger partial charge in [-0.3, -0.25) is 0 Å². The molecule has 3 nitrogen and oxygen atoms in total. The number of aryl methyl sites for hydroxylation is 2. The van der Waals surface area contributed by atoms with Gasteiger partial charge in [-0.05, 0) is 31.5 Å². The third kappa shape index (κ3) is 4.43. The molecule has 0 fully saturated rings. The number of nitrogens with one attached hydrogen (secondary N) is 1. The normalized spacial score (nSPS) is 13.3. The quantitative estimate of drug-likeness (QED) is 0.610. The Morgan fingerprint density at radius 1 is 0.786 bits per heavy atom. The van der Waals surface area contributed by atoms with Crippen molar-refractivity contribution in [2.24, 2.45) is 0 Å². The summed E-state index contributed by atoms with van der Waals surface area (Å²) in [7, 11) is -5.86. The first-order valence-electron chi connectivity index (χ1n) is 9.41. The van der Waals surface area contributed by atoms with Crippen molar-refractivity contribution in [1.29, 1.82) is 0 Å². The Balaban J connectivity index is 2.08. The number of rotatable bonds is 6. The van der Waals surface area contributed by atoms with Gasteiger partial charge in [0.1, 0.15) is 8.07 Å². The molecule has 0 saturated heterocycles. The summed E-state index contributed by atoms with van der Waals surface area (Å²) in [6.45, 7) is 8.41. The Morgan fingerprint density at radius 2 is 1.43 bits per heavy atom. The predicted octanol–water partition coefficient (Wildman–Crippen LogP) is 4.48. The van der Waals surface area contributed by atoms with E-state index in [2.05, 4.69) is 36.0 Å². The zero-order valence-corrected chi connectivity index (χ0v) is 18.6. The van der Waals surface area contributed by atoms with Gasteiger partial charge in [0.05, 0.1) is 4.90 Å². The van der Waals surface area contributed by atoms with Crippen molar-refractivity contribution in [3.8, 4) is 0 Å². The van der Waals surface area contributed by atoms with Crippen molar-refractivity contribution in [3.63, 3.8) is 0 Å². The first-order chi connectivity index (χ1) is 13.2. The van der Waals surface area contributed by atoms with Crippen LogP contribution in [-0.4, -0.2) is 16.5 Å². The smallest absolute Gasteiger partial charge is 0.207 e. The molecule has 3 aromatic carbocycles. The molecule has 1 atom stereocenters. The summed E-state index contributed by atoms with van der Waals surface area (Å²) in [5.74, 6) is 0. The molecule has 0 heterocycles. The van der Waals surface area contributed by atoms with Crippen molar-refractivity contribution in [1.82, 2.24) is 4.72 Å². The van der Waals surface area contributed by atoms with E-state index in [-0.39, 0.29) is 5.67 Å². The van der Waals surface area contributed by atoms with Crippen LogP contribution in [0.15, 0.2) is 83.8 Å². The van der Waals surface area contributed by atoms with Crippen LogP contribution in [0, 0.1) is 13.8 Å². The fraction of sp³-hybridized carbons (Fsp3) is 0.217. The summed E-state index contributed by atoms with van der Waals surface area (Å²) in [6.07, 6.45) is 0. The average molecular weight is 410 g/mol. The Kier molecular flexibility index (Phi) is 5.89. The molecule has 146 valence electrons. The molecule has 0 aliphatic carbocycles. The zero-order valence-electron chi connectivity index (χ0n) is 16.8. The molecule has 5 heteroatoms. The average Bonchev–Trinajstić information content (AvgIpc) is 2.67. The van der Waals surface area contributed by atoms with Crippen LogP contribution < -0.4 is 9.91 Å². The fourth-order valence-corrected chi connectivity index (χ4v) is 8.58. The molecule has 0 aliphatic rings. The lowest BCUT2D eigenvalue weighted by Crippen LogP contribution is -2.54. The first kappa shape index (κ1) is 20.5. The molecule has 0 radical (unpaired) electrons. The predicted molar refractivity (Wildman–Crippen MR) is 119 cm³/mol. The second-order valence-electron chi connectivity index (χ2n) is 7.87. The van der Waals surface area contributed by atoms with Crippen LogP contribution in [0.25, 0.3) is 0 Å². The molecule has 1 unspecified atom stereocenters. The number of hydrogen-bond acceptors (Lipinski definition) is 2. The van der Waals surface area contributed by atoms with Crippen LogP contribution in [0.3, 0.4) is 0 Å². The van der Waals surface area contributed by atoms with Crippen molar-refractivity contribution >= 4 is 23.3 Å². The summed E-state index contributed by atoms with van der Waals surface area (Å²) in [5, 5.41) is 1.22. The molecule has 0 saturated carbocycles. The van der Waals surface area contributed by atoms with E-state index in [0.717, 1.165) is 16.7 Å². The van der Waals surface area contributed by atoms with E-state index in [1.54, 1.807) is 12.1 Å². The third-order valence-corrected chi connectivity index (χ3v) is 10.6. The zero-order chi connectivity index (χ0) is 20.4. The Labute approximate surface area is 169 Å². The monoisotopic (exact) mass is 409 g/mol. The van der Waals surface area contributed by atoms with Gasteiger partial charge in [-0.1, -0.05) is 96.1 Å². The Hall–Kier alpha value is -2.21. The second kappa shape index (κ2) is 8.03. The molecule has 0 aromatic heterocycles. The summed E-state index contributed by atoms with van der Waals surface area (Å²) >= 11 is 0. The van der Waals surface area contributed by atoms with E-state index in [9.17, 15) is 8.42 Å². The summed E-state index contributed by atoms with van der Waals surface area (Å²) in [5.41, 5.74) is 2.89. The van der Waals surface area contributed by atoms with Crippen molar-refractivity contribution in [3.05, 3.63) is 95.6 Å². The van der Waals surface area contributed by atoms with E-state index >= 15 is 0 Å². The third-order valence-electron chi connectivity index (χ3n) is 5.22. The summed E-state index contributed by atoms with van der Waals surface area (Å²) in [6, 6.07) is 25.4. The summed E-state index contributed by atoms with van der Waals surface area (Å²) in [4.78, 5) is 0.300. The van der Waals surface area contributed by atoms with E-state index in [0.29, 0.717) is 4.90 Å². The van der Waals surface area contributed by atoms with E-state index < -0.39 is 18.1 Å². The number of sulfonamides is 1. The lowest BCUT2D eigenvalue weighted by Gasteiger charge is -2.34. The molecule has 0 bridgehead atoms. The van der Waals surface area contributed by atoms with Gasteiger partial charge in [0, 0.05) is 5.67 Å². The van der Waals surface area contributed by atoms with Crippen molar-refractivity contribution in [2.45, 2.75) is 37.5 Å². The van der Waals surface area contributed by atoms with Gasteiger partial charge in [-0.15, -0.1) is 0 Å². The highest BCUT2D eigenvalue weighted by Gasteiger charge is 2.37. The lowest BCUT2D eigenvalue weighted by molar-refractivity contribution is 0.577. The first-order valence-corrected chi connectivity index (χ1v) is 14.0. The molecule has 3 aromatic rings. The minimum absolute atomic E-state index is 0.277. The molecule has 28 heavy (non-hydrogen) atoms. The van der Waals surface area contributed by atoms with Crippen LogP contribution in [0.1, 0.15) is 22.4 Å².